The normalized spacial score (nSPS) is 22.4. The van der Waals surface area contributed by atoms with Gasteiger partial charge < -0.3 is 14.6 Å². The number of hydrogen-bond donors (Lipinski definition) is 1. The number of oxazole rings is 1. The van der Waals surface area contributed by atoms with Gasteiger partial charge in [0.25, 0.3) is 11.7 Å². The van der Waals surface area contributed by atoms with Gasteiger partial charge in [-0.25, -0.2) is 13.8 Å². The minimum atomic E-state index is -0.916. The van der Waals surface area contributed by atoms with Gasteiger partial charge in [-0.15, -0.1) is 0 Å². The molecular formula is C27H30F2N4O3. The van der Waals surface area contributed by atoms with Crippen molar-refractivity contribution in [2.24, 2.45) is 11.8 Å². The van der Waals surface area contributed by atoms with Gasteiger partial charge in [-0.1, -0.05) is 12.8 Å². The second-order valence-corrected chi connectivity index (χ2v) is 9.92. The second kappa shape index (κ2) is 10.6. The van der Waals surface area contributed by atoms with Crippen molar-refractivity contribution < 1.29 is 18.1 Å². The van der Waals surface area contributed by atoms with Crippen molar-refractivity contribution >= 4 is 17.4 Å². The number of nitrogens with zero attached hydrogens (tertiary/aromatic N) is 3. The van der Waals surface area contributed by atoms with E-state index in [9.17, 15) is 18.9 Å². The molecule has 3 atom stereocenters. The first-order chi connectivity index (χ1) is 17.5. The molecule has 2 fully saturated rings. The van der Waals surface area contributed by atoms with Crippen LogP contribution in [-0.4, -0.2) is 29.0 Å². The molecule has 36 heavy (non-hydrogen) atoms. The van der Waals surface area contributed by atoms with Gasteiger partial charge in [0, 0.05) is 42.5 Å². The fourth-order valence-corrected chi connectivity index (χ4v) is 5.67. The third-order valence-corrected chi connectivity index (χ3v) is 7.51. The van der Waals surface area contributed by atoms with Crippen molar-refractivity contribution in [3.05, 3.63) is 70.4 Å². The zero-order chi connectivity index (χ0) is 25.1. The number of nitro benzene ring substituents is 1. The van der Waals surface area contributed by atoms with Gasteiger partial charge in [0.2, 0.25) is 0 Å². The van der Waals surface area contributed by atoms with Crippen molar-refractivity contribution in [1.82, 2.24) is 4.98 Å². The number of aromatic nitrogens is 1. The number of nitro groups is 1. The highest BCUT2D eigenvalue weighted by Gasteiger charge is 2.31. The van der Waals surface area contributed by atoms with Crippen molar-refractivity contribution in [3.63, 3.8) is 0 Å². The van der Waals surface area contributed by atoms with Crippen molar-refractivity contribution in [2.45, 2.75) is 51.0 Å². The van der Waals surface area contributed by atoms with E-state index in [1.165, 1.54) is 25.1 Å². The smallest absolute Gasteiger partial charge is 0.295 e. The summed E-state index contributed by atoms with van der Waals surface area (Å²) in [5.41, 5.74) is 1.60. The molecule has 1 saturated carbocycles. The quantitative estimate of drug-likeness (QED) is 0.286. The molecule has 2 aromatic carbocycles. The van der Waals surface area contributed by atoms with Crippen molar-refractivity contribution in [1.29, 1.82) is 0 Å². The molecular weight excluding hydrogens is 466 g/mol. The lowest BCUT2D eigenvalue weighted by Gasteiger charge is -2.39. The van der Waals surface area contributed by atoms with E-state index >= 15 is 0 Å². The van der Waals surface area contributed by atoms with E-state index in [0.29, 0.717) is 29.2 Å². The van der Waals surface area contributed by atoms with Crippen LogP contribution in [-0.2, 0) is 0 Å². The SMILES string of the molecule is O=[N+]([O-])c1ccc(N2CCC[C@H](C[C@@H]3CCCC[C@H]3Nc3ncc(-c4ccc(F)c(F)c4)o3)C2)cc1. The van der Waals surface area contributed by atoms with Crippen LogP contribution in [0.5, 0.6) is 0 Å². The van der Waals surface area contributed by atoms with Crippen LogP contribution in [0.1, 0.15) is 44.9 Å². The summed E-state index contributed by atoms with van der Waals surface area (Å²) in [5.74, 6) is -0.380. The Labute approximate surface area is 208 Å². The Morgan fingerprint density at radius 3 is 2.64 bits per heavy atom. The number of non-ortho nitro benzene ring substituents is 1. The van der Waals surface area contributed by atoms with Gasteiger partial charge in [0.15, 0.2) is 17.4 Å². The predicted molar refractivity (Wildman–Crippen MR) is 134 cm³/mol. The molecule has 1 aliphatic carbocycles. The minimum Gasteiger partial charge on any atom is -0.424 e. The molecule has 1 aliphatic heterocycles. The first-order valence-corrected chi connectivity index (χ1v) is 12.6. The fourth-order valence-electron chi connectivity index (χ4n) is 5.67. The van der Waals surface area contributed by atoms with Crippen LogP contribution in [0.25, 0.3) is 11.3 Å². The summed E-state index contributed by atoms with van der Waals surface area (Å²) in [6.07, 6.45) is 9.43. The maximum atomic E-state index is 13.6. The van der Waals surface area contributed by atoms with E-state index in [4.69, 9.17) is 4.42 Å². The number of hydrogen-bond acceptors (Lipinski definition) is 6. The minimum absolute atomic E-state index is 0.114. The first kappa shape index (κ1) is 24.2. The third-order valence-electron chi connectivity index (χ3n) is 7.51. The van der Waals surface area contributed by atoms with Crippen LogP contribution < -0.4 is 10.2 Å². The first-order valence-electron chi connectivity index (χ1n) is 12.6. The lowest BCUT2D eigenvalue weighted by Crippen LogP contribution is -2.39. The molecule has 2 aliphatic rings. The highest BCUT2D eigenvalue weighted by atomic mass is 19.2. The van der Waals surface area contributed by atoms with Crippen LogP contribution in [0.3, 0.4) is 0 Å². The van der Waals surface area contributed by atoms with Crippen LogP contribution in [0.15, 0.2) is 53.1 Å². The van der Waals surface area contributed by atoms with E-state index in [2.05, 4.69) is 15.2 Å². The Hall–Kier alpha value is -3.49. The third kappa shape index (κ3) is 5.50. The molecule has 7 nitrogen and oxygen atoms in total. The molecule has 190 valence electrons. The standard InChI is InChI=1S/C27H30F2N4O3/c28-23-12-7-20(15-24(23)29)26-16-30-27(36-26)31-25-6-2-1-5-19(25)14-18-4-3-13-32(17-18)21-8-10-22(11-9-21)33(34)35/h7-12,15-16,18-19,25H,1-6,13-14,17H2,(H,30,31)/t18-,19+,25-/m1/s1. The number of piperidine rings is 1. The Bertz CT molecular complexity index is 1200. The summed E-state index contributed by atoms with van der Waals surface area (Å²) in [5, 5.41) is 14.4. The predicted octanol–water partition coefficient (Wildman–Crippen LogP) is 6.81. The largest absolute Gasteiger partial charge is 0.424 e. The second-order valence-electron chi connectivity index (χ2n) is 9.92. The Balaban J connectivity index is 1.22. The maximum absolute atomic E-state index is 13.6. The average Bonchev–Trinajstić information content (AvgIpc) is 3.36. The summed E-state index contributed by atoms with van der Waals surface area (Å²) in [6.45, 7) is 1.91. The highest BCUT2D eigenvalue weighted by molar-refractivity contribution is 5.57. The van der Waals surface area contributed by atoms with E-state index < -0.39 is 11.6 Å². The zero-order valence-corrected chi connectivity index (χ0v) is 20.0. The molecule has 0 unspecified atom stereocenters. The zero-order valence-electron chi connectivity index (χ0n) is 20.0. The van der Waals surface area contributed by atoms with E-state index in [1.54, 1.807) is 12.1 Å². The van der Waals surface area contributed by atoms with Crippen LogP contribution >= 0.6 is 0 Å². The van der Waals surface area contributed by atoms with Crippen LogP contribution in [0.4, 0.5) is 26.2 Å². The molecule has 2 heterocycles. The molecule has 1 saturated heterocycles. The van der Waals surface area contributed by atoms with Gasteiger partial charge in [0.05, 0.1) is 11.1 Å². The Kier molecular flexibility index (Phi) is 7.16. The van der Waals surface area contributed by atoms with Gasteiger partial charge in [-0.2, -0.15) is 0 Å². The van der Waals surface area contributed by atoms with Crippen LogP contribution in [0.2, 0.25) is 0 Å². The molecule has 0 spiro atoms. The fraction of sp³-hybridized carbons (Fsp3) is 0.444. The summed E-state index contributed by atoms with van der Waals surface area (Å²) in [7, 11) is 0. The molecule has 1 aromatic heterocycles. The lowest BCUT2D eigenvalue weighted by molar-refractivity contribution is -0.384. The maximum Gasteiger partial charge on any atom is 0.295 e. The monoisotopic (exact) mass is 496 g/mol. The molecule has 9 heteroatoms. The molecule has 1 N–H and O–H groups in total. The summed E-state index contributed by atoms with van der Waals surface area (Å²) >= 11 is 0. The van der Waals surface area contributed by atoms with Crippen LogP contribution in [0, 0.1) is 33.6 Å². The molecule has 0 amide bonds. The van der Waals surface area contributed by atoms with E-state index in [0.717, 1.165) is 63.0 Å². The Morgan fingerprint density at radius 1 is 1.06 bits per heavy atom. The number of halogens is 2. The molecule has 0 radical (unpaired) electrons. The number of benzene rings is 2. The summed E-state index contributed by atoms with van der Waals surface area (Å²) in [6, 6.07) is 11.2. The van der Waals surface area contributed by atoms with E-state index in [-0.39, 0.29) is 16.7 Å². The number of anilines is 2. The number of nitrogens with one attached hydrogen (secondary N) is 1. The lowest BCUT2D eigenvalue weighted by atomic mass is 9.77. The Morgan fingerprint density at radius 2 is 1.86 bits per heavy atom. The molecule has 5 rings (SSSR count). The van der Waals surface area contributed by atoms with Crippen molar-refractivity contribution in [2.75, 3.05) is 23.3 Å². The van der Waals surface area contributed by atoms with Gasteiger partial charge in [-0.05, 0) is 74.3 Å². The van der Waals surface area contributed by atoms with Gasteiger partial charge >= 0.3 is 0 Å². The molecule has 0 bridgehead atoms. The van der Waals surface area contributed by atoms with Gasteiger partial charge in [0.1, 0.15) is 0 Å². The van der Waals surface area contributed by atoms with Crippen molar-refractivity contribution in [3.8, 4) is 11.3 Å². The molecule has 3 aromatic rings. The summed E-state index contributed by atoms with van der Waals surface area (Å²) in [4.78, 5) is 17.3. The van der Waals surface area contributed by atoms with Gasteiger partial charge in [-0.3, -0.25) is 10.1 Å². The summed E-state index contributed by atoms with van der Waals surface area (Å²) < 4.78 is 32.7. The van der Waals surface area contributed by atoms with E-state index in [1.807, 2.05) is 12.1 Å². The topological polar surface area (TPSA) is 84.4 Å². The highest BCUT2D eigenvalue weighted by Crippen LogP contribution is 2.36. The average molecular weight is 497 g/mol. The number of rotatable bonds is 7.